The van der Waals surface area contributed by atoms with Crippen molar-refractivity contribution in [3.8, 4) is 0 Å². The van der Waals surface area contributed by atoms with Crippen molar-refractivity contribution >= 4 is 76.2 Å². The van der Waals surface area contributed by atoms with Crippen molar-refractivity contribution in [2.75, 3.05) is 13.2 Å². The van der Waals surface area contributed by atoms with E-state index in [1.54, 1.807) is 44.2 Å². The van der Waals surface area contributed by atoms with Gasteiger partial charge in [-0.1, -0.05) is 58.5 Å². The van der Waals surface area contributed by atoms with E-state index in [-0.39, 0.29) is 55.5 Å². The average Bonchev–Trinajstić information content (AvgIpc) is 2.82. The minimum absolute atomic E-state index is 0.0641. The topological polar surface area (TPSA) is 104 Å². The van der Waals surface area contributed by atoms with Crippen LogP contribution in [-0.4, -0.2) is 43.0 Å². The molecule has 0 aromatic heterocycles. The predicted octanol–water partition coefficient (Wildman–Crippen LogP) is 6.71. The molecule has 2 aromatic rings. The van der Waals surface area contributed by atoms with Crippen LogP contribution >= 0.6 is 46.4 Å². The number of rotatable bonds is 12. The molecule has 0 N–H and O–H groups in total. The van der Waals surface area contributed by atoms with Crippen molar-refractivity contribution < 1.29 is 33.4 Å². The number of hydrogen-bond acceptors (Lipinski definition) is 7. The van der Waals surface area contributed by atoms with E-state index in [1.807, 2.05) is 0 Å². The Morgan fingerprint density at radius 1 is 0.730 bits per heavy atom. The number of carbonyl (C=O) groups is 5. The van der Waals surface area contributed by atoms with Gasteiger partial charge in [-0.3, -0.25) is 24.0 Å². The highest BCUT2D eigenvalue weighted by Crippen LogP contribution is 2.31. The summed E-state index contributed by atoms with van der Waals surface area (Å²) >= 11 is 23.1. The van der Waals surface area contributed by atoms with Crippen LogP contribution < -0.4 is 0 Å². The molecule has 2 rings (SSSR count). The Labute approximate surface area is 235 Å². The second-order valence-electron chi connectivity index (χ2n) is 7.61. The molecule has 0 unspecified atom stereocenters. The largest absolute Gasteiger partial charge is 0.466 e. The molecule has 0 fully saturated rings. The van der Waals surface area contributed by atoms with Gasteiger partial charge in [0, 0.05) is 18.4 Å². The van der Waals surface area contributed by atoms with Gasteiger partial charge in [-0.2, -0.15) is 0 Å². The van der Waals surface area contributed by atoms with Crippen LogP contribution in [0.4, 0.5) is 0 Å². The lowest BCUT2D eigenvalue weighted by molar-refractivity contribution is -0.146. The van der Waals surface area contributed by atoms with Crippen LogP contribution in [0.1, 0.15) is 61.4 Å². The van der Waals surface area contributed by atoms with Gasteiger partial charge in [0.2, 0.25) is 0 Å². The zero-order valence-corrected chi connectivity index (χ0v) is 23.3. The second-order valence-corrected chi connectivity index (χ2v) is 9.24. The molecule has 0 saturated carbocycles. The maximum Gasteiger partial charge on any atom is 0.313 e. The number of carbonyl (C=O) groups excluding carboxylic acids is 5. The maximum atomic E-state index is 12.2. The van der Waals surface area contributed by atoms with E-state index in [2.05, 4.69) is 0 Å². The molecule has 0 bridgehead atoms. The lowest BCUT2D eigenvalue weighted by Gasteiger charge is -2.17. The van der Waals surface area contributed by atoms with Crippen LogP contribution in [0.2, 0.25) is 20.1 Å². The van der Waals surface area contributed by atoms with Crippen LogP contribution in [0, 0.1) is 0 Å². The third kappa shape index (κ3) is 12.6. The molecule has 0 aliphatic heterocycles. The molecular weight excluding hydrogens is 566 g/mol. The fourth-order valence-corrected chi connectivity index (χ4v) is 3.71. The Hall–Kier alpha value is -2.45. The number of aldehydes is 1. The van der Waals surface area contributed by atoms with Gasteiger partial charge in [0.25, 0.3) is 0 Å². The van der Waals surface area contributed by atoms with E-state index in [0.29, 0.717) is 26.2 Å². The average molecular weight is 592 g/mol. The van der Waals surface area contributed by atoms with Crippen molar-refractivity contribution in [3.05, 3.63) is 67.6 Å². The number of ketones is 2. The summed E-state index contributed by atoms with van der Waals surface area (Å²) in [6, 6.07) is 9.53. The molecular formula is C26H26Cl4O7. The molecule has 0 spiro atoms. The number of hydrogen-bond donors (Lipinski definition) is 0. The van der Waals surface area contributed by atoms with Gasteiger partial charge in [-0.25, -0.2) is 0 Å². The lowest BCUT2D eigenvalue weighted by atomic mass is 9.88. The first-order valence-electron chi connectivity index (χ1n) is 11.2. The summed E-state index contributed by atoms with van der Waals surface area (Å²) in [5.41, 5.74) is 1.16. The lowest BCUT2D eigenvalue weighted by Crippen LogP contribution is -2.18. The molecule has 7 nitrogen and oxygen atoms in total. The Morgan fingerprint density at radius 3 is 1.59 bits per heavy atom. The van der Waals surface area contributed by atoms with E-state index in [0.717, 1.165) is 6.29 Å². The first kappa shape index (κ1) is 32.6. The molecule has 0 saturated heterocycles. The minimum Gasteiger partial charge on any atom is -0.466 e. The number of benzene rings is 2. The van der Waals surface area contributed by atoms with Crippen LogP contribution in [0.3, 0.4) is 0 Å². The number of ether oxygens (including phenoxy) is 2. The summed E-state index contributed by atoms with van der Waals surface area (Å²) in [6.07, 6.45) is -0.158. The van der Waals surface area contributed by atoms with Gasteiger partial charge in [0.05, 0.1) is 33.3 Å². The highest BCUT2D eigenvalue weighted by atomic mass is 35.5. The fraction of sp³-hybridized carbons (Fsp3) is 0.346. The summed E-state index contributed by atoms with van der Waals surface area (Å²) in [5, 5.41) is 1.50. The molecule has 0 amide bonds. The SMILES string of the molecule is CCOC(=O)CC(=O)CC(CC(=O)CC(=O)OCC)c1ccc(Cl)c(Cl)c1.O=Cc1ccc(Cl)c(Cl)c1. The molecule has 0 heterocycles. The van der Waals surface area contributed by atoms with Crippen LogP contribution in [0.5, 0.6) is 0 Å². The smallest absolute Gasteiger partial charge is 0.313 e. The summed E-state index contributed by atoms with van der Waals surface area (Å²) in [5.74, 6) is -2.51. The van der Waals surface area contributed by atoms with Gasteiger partial charge >= 0.3 is 11.9 Å². The normalized spacial score (nSPS) is 10.2. The van der Waals surface area contributed by atoms with Crippen molar-refractivity contribution in [2.24, 2.45) is 0 Å². The molecule has 11 heteroatoms. The van der Waals surface area contributed by atoms with Gasteiger partial charge in [-0.15, -0.1) is 0 Å². The Bertz CT molecular complexity index is 1080. The summed E-state index contributed by atoms with van der Waals surface area (Å²) in [7, 11) is 0. The molecule has 37 heavy (non-hydrogen) atoms. The Kier molecular flexibility index (Phi) is 15.1. The first-order valence-corrected chi connectivity index (χ1v) is 12.7. The van der Waals surface area contributed by atoms with Crippen molar-refractivity contribution in [3.63, 3.8) is 0 Å². The predicted molar refractivity (Wildman–Crippen MR) is 143 cm³/mol. The van der Waals surface area contributed by atoms with Crippen molar-refractivity contribution in [2.45, 2.75) is 45.4 Å². The van der Waals surface area contributed by atoms with E-state index < -0.39 is 17.9 Å². The van der Waals surface area contributed by atoms with Gasteiger partial charge in [-0.05, 0) is 49.6 Å². The molecule has 200 valence electrons. The molecule has 2 aromatic carbocycles. The number of halogens is 4. The van der Waals surface area contributed by atoms with Crippen LogP contribution in [0.25, 0.3) is 0 Å². The van der Waals surface area contributed by atoms with E-state index in [4.69, 9.17) is 55.9 Å². The highest BCUT2D eigenvalue weighted by molar-refractivity contribution is 6.42. The monoisotopic (exact) mass is 590 g/mol. The van der Waals surface area contributed by atoms with E-state index >= 15 is 0 Å². The van der Waals surface area contributed by atoms with E-state index in [1.165, 1.54) is 6.07 Å². The Morgan fingerprint density at radius 2 is 1.19 bits per heavy atom. The summed E-state index contributed by atoms with van der Waals surface area (Å²) < 4.78 is 9.54. The van der Waals surface area contributed by atoms with Crippen molar-refractivity contribution in [1.82, 2.24) is 0 Å². The highest BCUT2D eigenvalue weighted by Gasteiger charge is 2.23. The molecule has 0 atom stereocenters. The van der Waals surface area contributed by atoms with Crippen LogP contribution in [0.15, 0.2) is 36.4 Å². The summed E-state index contributed by atoms with van der Waals surface area (Å²) in [4.78, 5) is 57.6. The maximum absolute atomic E-state index is 12.2. The zero-order valence-electron chi connectivity index (χ0n) is 20.2. The second kappa shape index (κ2) is 17.1. The van der Waals surface area contributed by atoms with Crippen molar-refractivity contribution in [1.29, 1.82) is 0 Å². The number of esters is 2. The van der Waals surface area contributed by atoms with E-state index in [9.17, 15) is 24.0 Å². The Balaban J connectivity index is 0.000000568. The quantitative estimate of drug-likeness (QED) is 0.153. The third-order valence-electron chi connectivity index (χ3n) is 4.74. The standard InChI is InChI=1S/C19H22Cl2O6.C7H4Cl2O/c1-3-26-18(24)10-14(22)7-13(8-15(23)11-19(25)27-4-2)12-5-6-16(20)17(21)9-12;8-6-2-1-5(4-10)3-7(6)9/h5-6,9,13H,3-4,7-8,10-11H2,1-2H3;1-4H. The number of Topliss-reactive ketones (excluding diaryl/α,β-unsaturated/α-hetero) is 2. The fourth-order valence-electron chi connectivity index (χ4n) is 3.10. The van der Waals surface area contributed by atoms with Crippen LogP contribution in [-0.2, 0) is 28.7 Å². The minimum atomic E-state index is -0.617. The van der Waals surface area contributed by atoms with Gasteiger partial charge in [0.15, 0.2) is 0 Å². The molecule has 0 aliphatic rings. The zero-order chi connectivity index (χ0) is 28.0. The first-order chi connectivity index (χ1) is 17.5. The van der Waals surface area contributed by atoms with Gasteiger partial charge in [0.1, 0.15) is 30.7 Å². The third-order valence-corrected chi connectivity index (χ3v) is 6.21. The molecule has 0 aliphatic carbocycles. The molecule has 0 radical (unpaired) electrons. The van der Waals surface area contributed by atoms with Gasteiger partial charge < -0.3 is 9.47 Å². The summed E-state index contributed by atoms with van der Waals surface area (Å²) in [6.45, 7) is 3.66.